The van der Waals surface area contributed by atoms with Crippen molar-refractivity contribution in [2.45, 2.75) is 5.16 Å². The highest BCUT2D eigenvalue weighted by Gasteiger charge is 2.14. The lowest BCUT2D eigenvalue weighted by Crippen LogP contribution is -2.07. The van der Waals surface area contributed by atoms with E-state index >= 15 is 0 Å². The summed E-state index contributed by atoms with van der Waals surface area (Å²) in [6.45, 7) is 0. The van der Waals surface area contributed by atoms with Gasteiger partial charge in [-0.25, -0.2) is 27.8 Å². The largest absolute Gasteiger partial charge is 0.284 e. The Morgan fingerprint density at radius 1 is 1.05 bits per heavy atom. The molecule has 0 amide bonds. The number of imidazole rings is 1. The first-order valence-corrected chi connectivity index (χ1v) is 8.17. The predicted octanol–water partition coefficient (Wildman–Crippen LogP) is 1.87. The Bertz CT molecular complexity index is 920. The van der Waals surface area contributed by atoms with E-state index in [4.69, 9.17) is 0 Å². The molecule has 0 bridgehead atoms. The Balaban J connectivity index is 2.11. The van der Waals surface area contributed by atoms with Crippen LogP contribution < -0.4 is 0 Å². The third kappa shape index (κ3) is 2.73. The Kier molecular flexibility index (Phi) is 3.45. The van der Waals surface area contributed by atoms with Gasteiger partial charge in [-0.05, 0) is 30.3 Å². The number of nitrogens with zero attached hydrogens (tertiary/aromatic N) is 4. The molecule has 1 aromatic carbocycles. The molecule has 0 saturated carbocycles. The van der Waals surface area contributed by atoms with E-state index < -0.39 is 9.84 Å². The summed E-state index contributed by atoms with van der Waals surface area (Å²) in [5, 5.41) is -0.260. The highest BCUT2D eigenvalue weighted by atomic mass is 32.2. The third-order valence-corrected chi connectivity index (χ3v) is 3.80. The average Bonchev–Trinajstić information content (AvgIpc) is 2.97. The second-order valence-electron chi connectivity index (χ2n) is 4.60. The maximum Gasteiger partial charge on any atom is 0.248 e. The van der Waals surface area contributed by atoms with Crippen LogP contribution in [0, 0.1) is 5.82 Å². The molecule has 0 fully saturated rings. The van der Waals surface area contributed by atoms with Crippen LogP contribution in [0.4, 0.5) is 4.39 Å². The lowest BCUT2D eigenvalue weighted by atomic mass is 10.2. The standard InChI is InChI=1S/C14H11FN4O2S/c1-22(20,21)14-17-7-6-12(18-14)19-9-8-16-13(19)10-2-4-11(15)5-3-10/h2-9H,1H3. The second-order valence-corrected chi connectivity index (χ2v) is 6.51. The van der Waals surface area contributed by atoms with E-state index in [1.54, 1.807) is 35.2 Å². The Morgan fingerprint density at radius 2 is 1.77 bits per heavy atom. The summed E-state index contributed by atoms with van der Waals surface area (Å²) in [6.07, 6.45) is 5.61. The average molecular weight is 318 g/mol. The first-order valence-electron chi connectivity index (χ1n) is 6.28. The van der Waals surface area contributed by atoms with Gasteiger partial charge in [-0.1, -0.05) is 0 Å². The minimum atomic E-state index is -3.51. The lowest BCUT2D eigenvalue weighted by Gasteiger charge is -2.07. The molecule has 3 aromatic rings. The molecule has 2 heterocycles. The van der Waals surface area contributed by atoms with Crippen molar-refractivity contribution < 1.29 is 12.8 Å². The van der Waals surface area contributed by atoms with Crippen LogP contribution in [0.15, 0.2) is 54.1 Å². The van der Waals surface area contributed by atoms with Gasteiger partial charge in [-0.15, -0.1) is 0 Å². The van der Waals surface area contributed by atoms with Gasteiger partial charge >= 0.3 is 0 Å². The molecule has 0 aliphatic rings. The zero-order valence-corrected chi connectivity index (χ0v) is 12.3. The molecule has 2 aromatic heterocycles. The SMILES string of the molecule is CS(=O)(=O)c1nccc(-n2ccnc2-c2ccc(F)cc2)n1. The highest BCUT2D eigenvalue weighted by molar-refractivity contribution is 7.90. The molecule has 3 rings (SSSR count). The van der Waals surface area contributed by atoms with Gasteiger partial charge in [-0.2, -0.15) is 0 Å². The predicted molar refractivity (Wildman–Crippen MR) is 77.7 cm³/mol. The van der Waals surface area contributed by atoms with E-state index in [0.717, 1.165) is 6.26 Å². The third-order valence-electron chi connectivity index (χ3n) is 2.94. The van der Waals surface area contributed by atoms with E-state index in [0.29, 0.717) is 17.2 Å². The van der Waals surface area contributed by atoms with Crippen molar-refractivity contribution >= 4 is 9.84 Å². The number of halogens is 1. The van der Waals surface area contributed by atoms with Crippen molar-refractivity contribution in [3.05, 3.63) is 54.7 Å². The number of aromatic nitrogens is 4. The van der Waals surface area contributed by atoms with Crippen molar-refractivity contribution in [2.24, 2.45) is 0 Å². The van der Waals surface area contributed by atoms with Gasteiger partial charge in [0.05, 0.1) is 0 Å². The summed E-state index contributed by atoms with van der Waals surface area (Å²) < 4.78 is 37.7. The van der Waals surface area contributed by atoms with Gasteiger partial charge in [0.15, 0.2) is 0 Å². The number of hydrogen-bond acceptors (Lipinski definition) is 5. The maximum absolute atomic E-state index is 13.0. The first kappa shape index (κ1) is 14.3. The Hall–Kier alpha value is -2.61. The highest BCUT2D eigenvalue weighted by Crippen LogP contribution is 2.21. The fourth-order valence-corrected chi connectivity index (χ4v) is 2.46. The number of rotatable bonds is 3. The second kappa shape index (κ2) is 5.30. The topological polar surface area (TPSA) is 77.7 Å². The van der Waals surface area contributed by atoms with Crippen LogP contribution in [0.2, 0.25) is 0 Å². The maximum atomic E-state index is 13.0. The van der Waals surface area contributed by atoms with Gasteiger partial charge in [-0.3, -0.25) is 4.57 Å². The molecule has 0 atom stereocenters. The molecule has 112 valence electrons. The number of benzene rings is 1. The van der Waals surface area contributed by atoms with Crippen LogP contribution >= 0.6 is 0 Å². The summed E-state index contributed by atoms with van der Waals surface area (Å²) in [4.78, 5) is 12.0. The summed E-state index contributed by atoms with van der Waals surface area (Å²) in [5.41, 5.74) is 0.686. The summed E-state index contributed by atoms with van der Waals surface area (Å²) in [6, 6.07) is 7.41. The first-order chi connectivity index (χ1) is 10.4. The molecule has 0 aliphatic carbocycles. The lowest BCUT2D eigenvalue weighted by molar-refractivity contribution is 0.592. The van der Waals surface area contributed by atoms with Gasteiger partial charge in [0.1, 0.15) is 17.5 Å². The number of hydrogen-bond donors (Lipinski definition) is 0. The van der Waals surface area contributed by atoms with E-state index in [2.05, 4.69) is 15.0 Å². The molecule has 0 saturated heterocycles. The summed E-state index contributed by atoms with van der Waals surface area (Å²) >= 11 is 0. The van der Waals surface area contributed by atoms with Crippen LogP contribution in [-0.2, 0) is 9.84 Å². The van der Waals surface area contributed by atoms with E-state index in [9.17, 15) is 12.8 Å². The van der Waals surface area contributed by atoms with Crippen molar-refractivity contribution in [1.82, 2.24) is 19.5 Å². The van der Waals surface area contributed by atoms with Gasteiger partial charge in [0, 0.05) is 30.4 Å². The van der Waals surface area contributed by atoms with Crippen LogP contribution in [0.25, 0.3) is 17.2 Å². The van der Waals surface area contributed by atoms with Crippen LogP contribution in [0.3, 0.4) is 0 Å². The molecule has 0 unspecified atom stereocenters. The van der Waals surface area contributed by atoms with E-state index in [1.165, 1.54) is 18.3 Å². The molecular formula is C14H11FN4O2S. The van der Waals surface area contributed by atoms with Crippen molar-refractivity contribution in [1.29, 1.82) is 0 Å². The Labute approximate surface area is 126 Å². The molecule has 8 heteroatoms. The Morgan fingerprint density at radius 3 is 2.45 bits per heavy atom. The number of sulfone groups is 1. The van der Waals surface area contributed by atoms with Crippen molar-refractivity contribution in [3.63, 3.8) is 0 Å². The molecule has 0 spiro atoms. The zero-order valence-electron chi connectivity index (χ0n) is 11.5. The monoisotopic (exact) mass is 318 g/mol. The summed E-state index contributed by atoms with van der Waals surface area (Å²) in [7, 11) is -3.51. The van der Waals surface area contributed by atoms with Gasteiger partial charge in [0.25, 0.3) is 0 Å². The van der Waals surface area contributed by atoms with Gasteiger partial charge < -0.3 is 0 Å². The van der Waals surface area contributed by atoms with E-state index in [1.807, 2.05) is 0 Å². The van der Waals surface area contributed by atoms with Crippen LogP contribution in [0.1, 0.15) is 0 Å². The van der Waals surface area contributed by atoms with Crippen molar-refractivity contribution in [3.8, 4) is 17.2 Å². The van der Waals surface area contributed by atoms with E-state index in [-0.39, 0.29) is 11.0 Å². The van der Waals surface area contributed by atoms with Crippen molar-refractivity contribution in [2.75, 3.05) is 6.26 Å². The molecule has 0 radical (unpaired) electrons. The minimum Gasteiger partial charge on any atom is -0.284 e. The fourth-order valence-electron chi connectivity index (χ4n) is 1.95. The molecule has 0 aliphatic heterocycles. The minimum absolute atomic E-state index is 0.260. The molecule has 22 heavy (non-hydrogen) atoms. The normalized spacial score (nSPS) is 11.5. The smallest absolute Gasteiger partial charge is 0.248 e. The molecule has 6 nitrogen and oxygen atoms in total. The zero-order chi connectivity index (χ0) is 15.7. The van der Waals surface area contributed by atoms with Gasteiger partial charge in [0.2, 0.25) is 15.0 Å². The summed E-state index contributed by atoms with van der Waals surface area (Å²) in [5.74, 6) is 0.550. The van der Waals surface area contributed by atoms with Crippen LogP contribution in [0.5, 0.6) is 0 Å². The quantitative estimate of drug-likeness (QED) is 0.689. The fraction of sp³-hybridized carbons (Fsp3) is 0.0714. The van der Waals surface area contributed by atoms with Crippen LogP contribution in [-0.4, -0.2) is 34.2 Å². The molecule has 0 N–H and O–H groups in total. The molecular weight excluding hydrogens is 307 g/mol.